The smallest absolute Gasteiger partial charge is 0.268 e. The number of allylic oxidation sites excluding steroid dienone is 9. The average Bonchev–Trinajstić information content (AvgIpc) is 2.99. The van der Waals surface area contributed by atoms with E-state index in [1.165, 1.54) is 38.5 Å². The normalized spacial score (nSPS) is 15.5. The Labute approximate surface area is 281 Å². The maximum Gasteiger partial charge on any atom is 0.268 e. The van der Waals surface area contributed by atoms with Gasteiger partial charge in [0, 0.05) is 6.42 Å². The number of hydrogen-bond acceptors (Lipinski definition) is 6. The molecule has 2 N–H and O–H groups in total. The van der Waals surface area contributed by atoms with E-state index >= 15 is 0 Å². The molecule has 266 valence electrons. The van der Waals surface area contributed by atoms with Crippen molar-refractivity contribution < 1.29 is 32.9 Å². The van der Waals surface area contributed by atoms with Crippen LogP contribution in [0.25, 0.3) is 0 Å². The van der Waals surface area contributed by atoms with Gasteiger partial charge in [0.05, 0.1) is 39.9 Å². The molecule has 0 heterocycles. The van der Waals surface area contributed by atoms with E-state index in [9.17, 15) is 19.4 Å². The van der Waals surface area contributed by atoms with Crippen LogP contribution in [-0.2, 0) is 18.4 Å². The van der Waals surface area contributed by atoms with Crippen molar-refractivity contribution >= 4 is 13.7 Å². The monoisotopic (exact) mass is 666 g/mol. The van der Waals surface area contributed by atoms with E-state index in [0.29, 0.717) is 23.9 Å². The highest BCUT2D eigenvalue weighted by Crippen LogP contribution is 2.38. The van der Waals surface area contributed by atoms with Crippen molar-refractivity contribution in [3.63, 3.8) is 0 Å². The summed E-state index contributed by atoms with van der Waals surface area (Å²) in [7, 11) is 1.23. The van der Waals surface area contributed by atoms with Gasteiger partial charge >= 0.3 is 0 Å². The lowest BCUT2D eigenvalue weighted by molar-refractivity contribution is -0.870. The molecule has 0 aromatic rings. The maximum atomic E-state index is 12.7. The second-order valence-electron chi connectivity index (χ2n) is 12.9. The molecule has 1 amide bonds. The van der Waals surface area contributed by atoms with E-state index in [0.717, 1.165) is 44.9 Å². The highest BCUT2D eigenvalue weighted by Gasteiger charge is 2.24. The summed E-state index contributed by atoms with van der Waals surface area (Å²) in [6.07, 6.45) is 35.4. The second-order valence-corrected chi connectivity index (χ2v) is 14.3. The first-order chi connectivity index (χ1) is 22.0. The molecule has 8 nitrogen and oxygen atoms in total. The molecule has 0 radical (unpaired) electrons. The van der Waals surface area contributed by atoms with Crippen LogP contribution < -0.4 is 10.2 Å². The highest BCUT2D eigenvalue weighted by molar-refractivity contribution is 7.45. The summed E-state index contributed by atoms with van der Waals surface area (Å²) in [5.74, 6) is -0.298. The number of likely N-dealkylation sites (N-methyl/N-ethyl adjacent to an activating group) is 1. The molecule has 46 heavy (non-hydrogen) atoms. The van der Waals surface area contributed by atoms with Gasteiger partial charge in [0.2, 0.25) is 5.91 Å². The third-order valence-corrected chi connectivity index (χ3v) is 8.26. The number of nitrogens with zero attached hydrogens (tertiary/aromatic N) is 1. The number of nitrogens with one attached hydrogen (secondary N) is 1. The Bertz CT molecular complexity index is 939. The molecule has 0 aliphatic heterocycles. The van der Waals surface area contributed by atoms with Crippen molar-refractivity contribution in [2.45, 2.75) is 129 Å². The number of quaternary nitrogens is 1. The molecular formula is C37H67N2O6P. The zero-order valence-corrected chi connectivity index (χ0v) is 30.6. The summed E-state index contributed by atoms with van der Waals surface area (Å²) >= 11 is 0. The minimum absolute atomic E-state index is 0.00757. The summed E-state index contributed by atoms with van der Waals surface area (Å²) in [6.45, 7) is 4.46. The Morgan fingerprint density at radius 1 is 0.761 bits per heavy atom. The van der Waals surface area contributed by atoms with Crippen LogP contribution in [0.5, 0.6) is 0 Å². The van der Waals surface area contributed by atoms with E-state index < -0.39 is 20.0 Å². The van der Waals surface area contributed by atoms with Crippen LogP contribution in [0.2, 0.25) is 0 Å². The van der Waals surface area contributed by atoms with Crippen LogP contribution in [-0.4, -0.2) is 68.5 Å². The van der Waals surface area contributed by atoms with Gasteiger partial charge in [-0.15, -0.1) is 0 Å². The Hall–Kier alpha value is -1.80. The molecule has 0 saturated carbocycles. The molecule has 0 rings (SSSR count). The largest absolute Gasteiger partial charge is 0.756 e. The van der Waals surface area contributed by atoms with Crippen molar-refractivity contribution in [3.8, 4) is 0 Å². The number of unbranched alkanes of at least 4 members (excludes halogenated alkanes) is 8. The number of carbonyl (C=O) groups is 1. The van der Waals surface area contributed by atoms with Crippen LogP contribution in [0, 0.1) is 0 Å². The molecule has 0 saturated heterocycles. The van der Waals surface area contributed by atoms with Gasteiger partial charge in [-0.25, -0.2) is 0 Å². The number of carbonyl (C=O) groups excluding carboxylic acids is 1. The van der Waals surface area contributed by atoms with Crippen LogP contribution in [0.3, 0.4) is 0 Å². The molecule has 9 heteroatoms. The summed E-state index contributed by atoms with van der Waals surface area (Å²) in [5.41, 5.74) is 0. The SMILES string of the molecule is CC/C=C\C/C=C\C/C=C\C/C=C\C/C=C\CC(=O)NC(COP(=O)([O-])OCC[N+](C)(C)C)C(O)CCCCCCCCCCC. The first kappa shape index (κ1) is 44.2. The zero-order valence-electron chi connectivity index (χ0n) is 29.7. The number of phosphoric acid groups is 1. The lowest BCUT2D eigenvalue weighted by Gasteiger charge is -2.30. The minimum atomic E-state index is -4.58. The van der Waals surface area contributed by atoms with Crippen molar-refractivity contribution in [2.75, 3.05) is 40.9 Å². The second kappa shape index (κ2) is 29.3. The zero-order chi connectivity index (χ0) is 34.4. The van der Waals surface area contributed by atoms with Gasteiger partial charge in [-0.3, -0.25) is 9.36 Å². The van der Waals surface area contributed by atoms with Crippen LogP contribution in [0.15, 0.2) is 60.8 Å². The van der Waals surface area contributed by atoms with Crippen LogP contribution in [0.1, 0.15) is 117 Å². The van der Waals surface area contributed by atoms with E-state index in [4.69, 9.17) is 9.05 Å². The van der Waals surface area contributed by atoms with Gasteiger partial charge in [0.25, 0.3) is 7.82 Å². The third kappa shape index (κ3) is 30.8. The molecular weight excluding hydrogens is 599 g/mol. The van der Waals surface area contributed by atoms with Crippen molar-refractivity contribution in [3.05, 3.63) is 60.8 Å². The van der Waals surface area contributed by atoms with E-state index in [1.807, 2.05) is 27.2 Å². The van der Waals surface area contributed by atoms with Gasteiger partial charge in [0.1, 0.15) is 13.2 Å². The van der Waals surface area contributed by atoms with Crippen LogP contribution in [0.4, 0.5) is 0 Å². The quantitative estimate of drug-likeness (QED) is 0.0347. The summed E-state index contributed by atoms with van der Waals surface area (Å²) in [4.78, 5) is 25.0. The highest BCUT2D eigenvalue weighted by atomic mass is 31.2. The fourth-order valence-electron chi connectivity index (χ4n) is 4.46. The molecule has 0 aromatic carbocycles. The number of aliphatic hydroxyl groups excluding tert-OH is 1. The summed E-state index contributed by atoms with van der Waals surface area (Å²) in [5, 5.41) is 13.7. The van der Waals surface area contributed by atoms with Crippen molar-refractivity contribution in [1.82, 2.24) is 5.32 Å². The lowest BCUT2D eigenvalue weighted by atomic mass is 10.0. The maximum absolute atomic E-state index is 12.7. The molecule has 0 spiro atoms. The topological polar surface area (TPSA) is 108 Å². The van der Waals surface area contributed by atoms with Gasteiger partial charge in [-0.2, -0.15) is 0 Å². The molecule has 0 aliphatic carbocycles. The predicted molar refractivity (Wildman–Crippen MR) is 191 cm³/mol. The number of aliphatic hydroxyl groups is 1. The number of amides is 1. The van der Waals surface area contributed by atoms with Crippen LogP contribution >= 0.6 is 7.82 Å². The molecule has 0 fully saturated rings. The first-order valence-corrected chi connectivity index (χ1v) is 19.1. The van der Waals surface area contributed by atoms with Gasteiger partial charge in [-0.05, 0) is 38.5 Å². The van der Waals surface area contributed by atoms with Gasteiger partial charge in [0.15, 0.2) is 0 Å². The Morgan fingerprint density at radius 2 is 1.24 bits per heavy atom. The number of hydrogen-bond donors (Lipinski definition) is 2. The van der Waals surface area contributed by atoms with Crippen molar-refractivity contribution in [2.24, 2.45) is 0 Å². The average molecular weight is 667 g/mol. The number of rotatable bonds is 30. The minimum Gasteiger partial charge on any atom is -0.756 e. The Balaban J connectivity index is 4.68. The summed E-state index contributed by atoms with van der Waals surface area (Å²) < 4.78 is 23.0. The Kier molecular flexibility index (Phi) is 28.2. The molecule has 0 bridgehead atoms. The molecule has 3 atom stereocenters. The van der Waals surface area contributed by atoms with E-state index in [1.54, 1.807) is 6.08 Å². The molecule has 0 aliphatic rings. The van der Waals surface area contributed by atoms with Gasteiger partial charge < -0.3 is 28.8 Å². The van der Waals surface area contributed by atoms with E-state index in [-0.39, 0.29) is 25.5 Å². The molecule has 0 aromatic heterocycles. The Morgan fingerprint density at radius 3 is 1.74 bits per heavy atom. The third-order valence-electron chi connectivity index (χ3n) is 7.30. The lowest BCUT2D eigenvalue weighted by Crippen LogP contribution is -2.46. The van der Waals surface area contributed by atoms with Crippen molar-refractivity contribution in [1.29, 1.82) is 0 Å². The molecule has 3 unspecified atom stereocenters. The number of phosphoric ester groups is 1. The fourth-order valence-corrected chi connectivity index (χ4v) is 5.18. The summed E-state index contributed by atoms with van der Waals surface area (Å²) in [6, 6.07) is -0.853. The fraction of sp³-hybridized carbons (Fsp3) is 0.703. The first-order valence-electron chi connectivity index (χ1n) is 17.6. The van der Waals surface area contributed by atoms with Gasteiger partial charge in [-0.1, -0.05) is 132 Å². The van der Waals surface area contributed by atoms with E-state index in [2.05, 4.69) is 67.8 Å². The standard InChI is InChI=1S/C37H67N2O6P/c1-6-8-10-12-14-16-17-18-19-20-21-23-25-27-29-31-37(41)38-35(34-45-46(42,43)44-33-32-39(3,4)5)36(40)30-28-26-24-22-15-13-11-9-7-2/h8,10,14,16,18-19,21,23,27,29,35-36,40H,6-7,9,11-13,15,17,20,22,24-26,28,30-34H2,1-5H3,(H-,38,41,42,43)/b10-8-,16-14-,19-18-,23-21-,29-27-. The predicted octanol–water partition coefficient (Wildman–Crippen LogP) is 8.10.